The van der Waals surface area contributed by atoms with Crippen molar-refractivity contribution in [3.8, 4) is 0 Å². The lowest BCUT2D eigenvalue weighted by molar-refractivity contribution is 0.0945. The highest BCUT2D eigenvalue weighted by Crippen LogP contribution is 2.17. The molecule has 1 atom stereocenters. The van der Waals surface area contributed by atoms with Gasteiger partial charge in [0.2, 0.25) is 0 Å². The molecule has 1 fully saturated rings. The summed E-state index contributed by atoms with van der Waals surface area (Å²) in [6, 6.07) is 7.37. The van der Waals surface area contributed by atoms with E-state index in [4.69, 9.17) is 17.3 Å². The van der Waals surface area contributed by atoms with E-state index in [-0.39, 0.29) is 11.8 Å². The fourth-order valence-electron chi connectivity index (χ4n) is 1.98. The molecule has 1 saturated heterocycles. The first-order chi connectivity index (χ1) is 7.66. The van der Waals surface area contributed by atoms with E-state index < -0.39 is 0 Å². The van der Waals surface area contributed by atoms with Gasteiger partial charge in [0.25, 0.3) is 0 Å². The minimum Gasteiger partial charge on any atom is -0.326 e. The summed E-state index contributed by atoms with van der Waals surface area (Å²) in [5.41, 5.74) is 6.39. The molecule has 0 aliphatic carbocycles. The highest BCUT2D eigenvalue weighted by Gasteiger charge is 2.22. The van der Waals surface area contributed by atoms with Crippen molar-refractivity contribution in [2.75, 3.05) is 19.6 Å². The monoisotopic (exact) mass is 238 g/mol. The van der Waals surface area contributed by atoms with Gasteiger partial charge in [-0.2, -0.15) is 0 Å². The second kappa shape index (κ2) is 4.95. The van der Waals surface area contributed by atoms with E-state index in [0.29, 0.717) is 17.1 Å². The highest BCUT2D eigenvalue weighted by molar-refractivity contribution is 6.34. The van der Waals surface area contributed by atoms with Crippen molar-refractivity contribution >= 4 is 17.4 Å². The van der Waals surface area contributed by atoms with Gasteiger partial charge in [-0.15, -0.1) is 0 Å². The van der Waals surface area contributed by atoms with Crippen molar-refractivity contribution in [2.45, 2.75) is 12.5 Å². The molecule has 1 aliphatic heterocycles. The van der Waals surface area contributed by atoms with Crippen LogP contribution < -0.4 is 5.73 Å². The number of ketones is 1. The van der Waals surface area contributed by atoms with Crippen molar-refractivity contribution in [2.24, 2.45) is 5.73 Å². The highest BCUT2D eigenvalue weighted by atomic mass is 35.5. The van der Waals surface area contributed by atoms with Gasteiger partial charge < -0.3 is 5.73 Å². The number of carbonyl (C=O) groups is 1. The number of nitrogens with zero attached hydrogens (tertiary/aromatic N) is 1. The summed E-state index contributed by atoms with van der Waals surface area (Å²) >= 11 is 5.97. The van der Waals surface area contributed by atoms with Crippen molar-refractivity contribution < 1.29 is 4.79 Å². The van der Waals surface area contributed by atoms with Crippen LogP contribution >= 0.6 is 11.6 Å². The lowest BCUT2D eigenvalue weighted by atomic mass is 10.1. The summed E-state index contributed by atoms with van der Waals surface area (Å²) in [5.74, 6) is 0.0692. The molecule has 4 heteroatoms. The van der Waals surface area contributed by atoms with Crippen LogP contribution in [0.2, 0.25) is 5.02 Å². The standard InChI is InChI=1S/C12H15ClN2O/c13-11-4-2-1-3-10(11)12(16)8-15-6-5-9(14)7-15/h1-4,9H,5-8,14H2/t9-/m1/s1. The lowest BCUT2D eigenvalue weighted by Crippen LogP contribution is -2.31. The third kappa shape index (κ3) is 2.61. The molecule has 0 amide bonds. The van der Waals surface area contributed by atoms with Gasteiger partial charge in [0, 0.05) is 24.7 Å². The Balaban J connectivity index is 2.01. The Hall–Kier alpha value is -0.900. The van der Waals surface area contributed by atoms with Crippen molar-refractivity contribution in [3.05, 3.63) is 34.9 Å². The van der Waals surface area contributed by atoms with Gasteiger partial charge in [-0.05, 0) is 18.6 Å². The van der Waals surface area contributed by atoms with Crippen LogP contribution in [0.5, 0.6) is 0 Å². The molecule has 0 aromatic heterocycles. The van der Waals surface area contributed by atoms with Gasteiger partial charge in [-0.25, -0.2) is 0 Å². The van der Waals surface area contributed by atoms with Crippen molar-refractivity contribution in [1.29, 1.82) is 0 Å². The Morgan fingerprint density at radius 3 is 2.88 bits per heavy atom. The van der Waals surface area contributed by atoms with Crippen molar-refractivity contribution in [3.63, 3.8) is 0 Å². The van der Waals surface area contributed by atoms with Crippen LogP contribution in [0.4, 0.5) is 0 Å². The summed E-state index contributed by atoms with van der Waals surface area (Å²) in [4.78, 5) is 14.0. The summed E-state index contributed by atoms with van der Waals surface area (Å²) in [5, 5.41) is 0.524. The van der Waals surface area contributed by atoms with Gasteiger partial charge in [-0.1, -0.05) is 23.7 Å². The van der Waals surface area contributed by atoms with E-state index >= 15 is 0 Å². The van der Waals surface area contributed by atoms with Gasteiger partial charge in [0.05, 0.1) is 11.6 Å². The van der Waals surface area contributed by atoms with Crippen LogP contribution in [0.15, 0.2) is 24.3 Å². The Bertz CT molecular complexity index is 394. The normalized spacial score (nSPS) is 21.2. The molecule has 0 bridgehead atoms. The largest absolute Gasteiger partial charge is 0.326 e. The molecule has 0 saturated carbocycles. The number of hydrogen-bond acceptors (Lipinski definition) is 3. The van der Waals surface area contributed by atoms with E-state index in [1.54, 1.807) is 12.1 Å². The van der Waals surface area contributed by atoms with Crippen LogP contribution in [-0.2, 0) is 0 Å². The molecule has 2 N–H and O–H groups in total. The molecule has 86 valence electrons. The Kier molecular flexibility index (Phi) is 3.59. The molecule has 0 radical (unpaired) electrons. The van der Waals surface area contributed by atoms with Crippen LogP contribution in [-0.4, -0.2) is 36.4 Å². The summed E-state index contributed by atoms with van der Waals surface area (Å²) in [7, 11) is 0. The van der Waals surface area contributed by atoms with E-state index in [1.165, 1.54) is 0 Å². The van der Waals surface area contributed by atoms with Crippen LogP contribution in [0.25, 0.3) is 0 Å². The molecule has 1 aliphatic rings. The average molecular weight is 239 g/mol. The topological polar surface area (TPSA) is 46.3 Å². The minimum absolute atomic E-state index is 0.0692. The fraction of sp³-hybridized carbons (Fsp3) is 0.417. The third-order valence-corrected chi connectivity index (χ3v) is 3.18. The number of benzene rings is 1. The molecule has 1 aromatic rings. The summed E-state index contributed by atoms with van der Waals surface area (Å²) < 4.78 is 0. The number of rotatable bonds is 3. The van der Waals surface area contributed by atoms with Gasteiger partial charge in [0.1, 0.15) is 0 Å². The first kappa shape index (κ1) is 11.6. The quantitative estimate of drug-likeness (QED) is 0.813. The second-order valence-corrected chi connectivity index (χ2v) is 4.59. The SMILES string of the molecule is N[C@@H]1CCN(CC(=O)c2ccccc2Cl)C1. The van der Waals surface area contributed by atoms with Gasteiger partial charge in [-0.3, -0.25) is 9.69 Å². The Morgan fingerprint density at radius 2 is 2.25 bits per heavy atom. The first-order valence-corrected chi connectivity index (χ1v) is 5.80. The van der Waals surface area contributed by atoms with Gasteiger partial charge >= 0.3 is 0 Å². The minimum atomic E-state index is 0.0692. The van der Waals surface area contributed by atoms with E-state index in [9.17, 15) is 4.79 Å². The second-order valence-electron chi connectivity index (χ2n) is 4.19. The maximum atomic E-state index is 12.0. The molecule has 2 rings (SSSR count). The van der Waals surface area contributed by atoms with Crippen LogP contribution in [0.1, 0.15) is 16.8 Å². The predicted octanol–water partition coefficient (Wildman–Crippen LogP) is 1.56. The van der Waals surface area contributed by atoms with Crippen LogP contribution in [0, 0.1) is 0 Å². The maximum absolute atomic E-state index is 12.0. The van der Waals surface area contributed by atoms with Gasteiger partial charge in [0.15, 0.2) is 5.78 Å². The molecule has 3 nitrogen and oxygen atoms in total. The van der Waals surface area contributed by atoms with E-state index in [2.05, 4.69) is 4.90 Å². The number of likely N-dealkylation sites (tertiary alicyclic amines) is 1. The molecule has 1 heterocycles. The smallest absolute Gasteiger partial charge is 0.178 e. The Labute approximate surface area is 100 Å². The first-order valence-electron chi connectivity index (χ1n) is 5.42. The molecular weight excluding hydrogens is 224 g/mol. The zero-order valence-corrected chi connectivity index (χ0v) is 9.78. The van der Waals surface area contributed by atoms with Crippen LogP contribution in [0.3, 0.4) is 0 Å². The molecule has 0 unspecified atom stereocenters. The number of carbonyl (C=O) groups excluding carboxylic acids is 1. The zero-order chi connectivity index (χ0) is 11.5. The summed E-state index contributed by atoms with van der Waals surface area (Å²) in [6.45, 7) is 2.12. The predicted molar refractivity (Wildman–Crippen MR) is 64.8 cm³/mol. The summed E-state index contributed by atoms with van der Waals surface area (Å²) in [6.07, 6.45) is 0.968. The van der Waals surface area contributed by atoms with Crippen molar-refractivity contribution in [1.82, 2.24) is 4.90 Å². The average Bonchev–Trinajstić information content (AvgIpc) is 2.64. The third-order valence-electron chi connectivity index (χ3n) is 2.85. The molecule has 0 spiro atoms. The lowest BCUT2D eigenvalue weighted by Gasteiger charge is -2.14. The number of halogens is 1. The number of Topliss-reactive ketones (excluding diaryl/α,β-unsaturated/α-hetero) is 1. The van der Waals surface area contributed by atoms with E-state index in [0.717, 1.165) is 19.5 Å². The molecule has 1 aromatic carbocycles. The number of hydrogen-bond donors (Lipinski definition) is 1. The number of nitrogens with two attached hydrogens (primary N) is 1. The maximum Gasteiger partial charge on any atom is 0.178 e. The zero-order valence-electron chi connectivity index (χ0n) is 9.03. The molecular formula is C12H15ClN2O. The fourth-order valence-corrected chi connectivity index (χ4v) is 2.22. The van der Waals surface area contributed by atoms with E-state index in [1.807, 2.05) is 12.1 Å². The Morgan fingerprint density at radius 1 is 1.50 bits per heavy atom. The molecule has 16 heavy (non-hydrogen) atoms.